The Morgan fingerprint density at radius 3 is 2.40 bits per heavy atom. The molecule has 0 saturated carbocycles. The van der Waals surface area contributed by atoms with Crippen molar-refractivity contribution in [3.63, 3.8) is 0 Å². The van der Waals surface area contributed by atoms with E-state index in [4.69, 9.17) is 4.42 Å². The number of rotatable bonds is 5. The number of ketones is 1. The van der Waals surface area contributed by atoms with Gasteiger partial charge < -0.3 is 14.4 Å². The smallest absolute Gasteiger partial charge is 0.296 e. The van der Waals surface area contributed by atoms with E-state index in [0.29, 0.717) is 11.3 Å². The Morgan fingerprint density at radius 1 is 1.03 bits per heavy atom. The normalized spacial score (nSPS) is 18.0. The van der Waals surface area contributed by atoms with Gasteiger partial charge >= 0.3 is 0 Å². The summed E-state index contributed by atoms with van der Waals surface area (Å²) >= 11 is 0. The zero-order chi connectivity index (χ0) is 21.3. The highest BCUT2D eigenvalue weighted by atomic mass is 16.6. The van der Waals surface area contributed by atoms with E-state index in [1.165, 1.54) is 29.4 Å². The van der Waals surface area contributed by atoms with Crippen LogP contribution in [-0.4, -0.2) is 26.6 Å². The van der Waals surface area contributed by atoms with Gasteiger partial charge in [0.2, 0.25) is 0 Å². The second-order valence-electron chi connectivity index (χ2n) is 6.69. The van der Waals surface area contributed by atoms with E-state index < -0.39 is 22.7 Å². The third-order valence-electron chi connectivity index (χ3n) is 4.92. The van der Waals surface area contributed by atoms with Gasteiger partial charge in [-0.05, 0) is 18.2 Å². The average Bonchev–Trinajstić information content (AvgIpc) is 3.36. The van der Waals surface area contributed by atoms with E-state index in [1.54, 1.807) is 48.5 Å². The van der Waals surface area contributed by atoms with Crippen molar-refractivity contribution in [3.8, 4) is 0 Å². The Labute approximate surface area is 170 Å². The summed E-state index contributed by atoms with van der Waals surface area (Å²) in [6.07, 6.45) is 1.43. The minimum Gasteiger partial charge on any atom is -0.507 e. The average molecular weight is 404 g/mol. The van der Waals surface area contributed by atoms with Crippen LogP contribution in [0.1, 0.15) is 22.9 Å². The fourth-order valence-corrected chi connectivity index (χ4v) is 3.57. The number of aliphatic hydroxyl groups excluding tert-OH is 1. The number of benzene rings is 2. The number of likely N-dealkylation sites (tertiary alicyclic amines) is 1. The Morgan fingerprint density at radius 2 is 1.73 bits per heavy atom. The van der Waals surface area contributed by atoms with E-state index in [1.807, 2.05) is 0 Å². The van der Waals surface area contributed by atoms with Crippen molar-refractivity contribution in [2.24, 2.45) is 0 Å². The Balaban J connectivity index is 1.94. The maximum Gasteiger partial charge on any atom is 0.296 e. The molecule has 8 nitrogen and oxygen atoms in total. The largest absolute Gasteiger partial charge is 0.507 e. The molecule has 150 valence electrons. The van der Waals surface area contributed by atoms with Gasteiger partial charge in [0, 0.05) is 11.6 Å². The van der Waals surface area contributed by atoms with Crippen LogP contribution >= 0.6 is 0 Å². The molecule has 1 unspecified atom stereocenters. The first-order chi connectivity index (χ1) is 14.5. The van der Waals surface area contributed by atoms with Gasteiger partial charge in [-0.3, -0.25) is 19.7 Å². The van der Waals surface area contributed by atoms with E-state index in [2.05, 4.69) is 0 Å². The Kier molecular flexibility index (Phi) is 4.89. The number of hydrogen-bond donors (Lipinski definition) is 1. The van der Waals surface area contributed by atoms with Gasteiger partial charge in [-0.1, -0.05) is 42.5 Å². The highest BCUT2D eigenvalue weighted by Crippen LogP contribution is 2.43. The summed E-state index contributed by atoms with van der Waals surface area (Å²) < 4.78 is 5.30. The van der Waals surface area contributed by atoms with Crippen molar-refractivity contribution >= 4 is 23.1 Å². The van der Waals surface area contributed by atoms with Crippen molar-refractivity contribution in [2.75, 3.05) is 0 Å². The number of nitro benzene ring substituents is 1. The Bertz CT molecular complexity index is 1150. The maximum absolute atomic E-state index is 12.9. The number of carbonyl (C=O) groups excluding carboxylic acids is 2. The van der Waals surface area contributed by atoms with Crippen LogP contribution in [0, 0.1) is 10.1 Å². The van der Waals surface area contributed by atoms with E-state index in [-0.39, 0.29) is 29.1 Å². The topological polar surface area (TPSA) is 114 Å². The van der Waals surface area contributed by atoms with Crippen LogP contribution in [0.3, 0.4) is 0 Å². The van der Waals surface area contributed by atoms with E-state index in [0.717, 1.165) is 0 Å². The number of carbonyl (C=O) groups is 2. The highest BCUT2D eigenvalue weighted by molar-refractivity contribution is 6.46. The summed E-state index contributed by atoms with van der Waals surface area (Å²) in [5.74, 6) is -1.77. The fraction of sp³-hybridized carbons (Fsp3) is 0.0909. The molecule has 1 aromatic heterocycles. The lowest BCUT2D eigenvalue weighted by atomic mass is 9.94. The molecule has 8 heteroatoms. The highest BCUT2D eigenvalue weighted by Gasteiger charge is 2.48. The van der Waals surface area contributed by atoms with Crippen LogP contribution in [-0.2, 0) is 16.1 Å². The standard InChI is InChI=1S/C22H16N2O6/c25-20(14-7-2-1-3-8-14)18-19(16-10-4-5-11-17(16)24(28)29)23(22(27)21(18)26)13-15-9-6-12-30-15/h1-12,19,25H,13H2/b20-18-. The summed E-state index contributed by atoms with van der Waals surface area (Å²) in [7, 11) is 0. The SMILES string of the molecule is O=C1C(=O)N(Cc2ccco2)C(c2ccccc2[N+](=O)[O-])/C1=C(/O)c1ccccc1. The first kappa shape index (κ1) is 19.1. The molecule has 0 aliphatic carbocycles. The van der Waals surface area contributed by atoms with Gasteiger partial charge in [-0.2, -0.15) is 0 Å². The van der Waals surface area contributed by atoms with Crippen molar-refractivity contribution in [2.45, 2.75) is 12.6 Å². The molecule has 2 aromatic carbocycles. The third kappa shape index (κ3) is 3.24. The molecular weight excluding hydrogens is 388 g/mol. The third-order valence-corrected chi connectivity index (χ3v) is 4.92. The van der Waals surface area contributed by atoms with Gasteiger partial charge in [-0.25, -0.2) is 0 Å². The Hall–Kier alpha value is -4.20. The molecule has 3 aromatic rings. The molecule has 1 atom stereocenters. The predicted octanol–water partition coefficient (Wildman–Crippen LogP) is 3.81. The van der Waals surface area contributed by atoms with Crippen LogP contribution < -0.4 is 0 Å². The van der Waals surface area contributed by atoms with Crippen LogP contribution in [0.2, 0.25) is 0 Å². The summed E-state index contributed by atoms with van der Waals surface area (Å²) in [5.41, 5.74) is 0.00248. The molecule has 1 aliphatic heterocycles. The fourth-order valence-electron chi connectivity index (χ4n) is 3.57. The number of nitrogens with zero attached hydrogens (tertiary/aromatic N) is 2. The molecule has 1 N–H and O–H groups in total. The summed E-state index contributed by atoms with van der Waals surface area (Å²) in [6.45, 7) is -0.0835. The molecule has 0 bridgehead atoms. The summed E-state index contributed by atoms with van der Waals surface area (Å²) in [5, 5.41) is 22.5. The summed E-state index contributed by atoms with van der Waals surface area (Å²) in [4.78, 5) is 38.0. The van der Waals surface area contributed by atoms with Crippen LogP contribution in [0.15, 0.2) is 83.0 Å². The van der Waals surface area contributed by atoms with Gasteiger partial charge in [-0.15, -0.1) is 0 Å². The number of aliphatic hydroxyl groups is 1. The molecule has 2 heterocycles. The van der Waals surface area contributed by atoms with Crippen molar-refractivity contribution in [1.29, 1.82) is 0 Å². The molecule has 1 aliphatic rings. The lowest BCUT2D eigenvalue weighted by molar-refractivity contribution is -0.385. The van der Waals surface area contributed by atoms with Crippen LogP contribution in [0.4, 0.5) is 5.69 Å². The van der Waals surface area contributed by atoms with Crippen LogP contribution in [0.25, 0.3) is 5.76 Å². The van der Waals surface area contributed by atoms with E-state index in [9.17, 15) is 24.8 Å². The van der Waals surface area contributed by atoms with Gasteiger partial charge in [0.1, 0.15) is 11.5 Å². The van der Waals surface area contributed by atoms with Crippen molar-refractivity contribution in [3.05, 3.63) is 106 Å². The molecule has 1 amide bonds. The number of para-hydroxylation sites is 1. The van der Waals surface area contributed by atoms with Crippen molar-refractivity contribution in [1.82, 2.24) is 4.90 Å². The number of Topliss-reactive ketones (excluding diaryl/α,β-unsaturated/α-hetero) is 1. The van der Waals surface area contributed by atoms with E-state index >= 15 is 0 Å². The molecule has 4 rings (SSSR count). The van der Waals surface area contributed by atoms with Gasteiger partial charge in [0.25, 0.3) is 17.4 Å². The first-order valence-electron chi connectivity index (χ1n) is 9.08. The first-order valence-corrected chi connectivity index (χ1v) is 9.08. The minimum absolute atomic E-state index is 0.0835. The molecule has 1 fully saturated rings. The molecular formula is C22H16N2O6. The number of furan rings is 1. The second kappa shape index (κ2) is 7.67. The van der Waals surface area contributed by atoms with Crippen molar-refractivity contribution < 1.29 is 24.0 Å². The lowest BCUT2D eigenvalue weighted by Gasteiger charge is -2.24. The number of amides is 1. The molecule has 0 radical (unpaired) electrons. The predicted molar refractivity (Wildman–Crippen MR) is 106 cm³/mol. The zero-order valence-electron chi connectivity index (χ0n) is 15.6. The molecule has 1 saturated heterocycles. The number of nitro groups is 1. The molecule has 0 spiro atoms. The molecule has 30 heavy (non-hydrogen) atoms. The number of hydrogen-bond acceptors (Lipinski definition) is 6. The second-order valence-corrected chi connectivity index (χ2v) is 6.69. The monoisotopic (exact) mass is 404 g/mol. The zero-order valence-corrected chi connectivity index (χ0v) is 15.6. The van der Waals surface area contributed by atoms with Gasteiger partial charge in [0.05, 0.1) is 34.9 Å². The quantitative estimate of drug-likeness (QED) is 0.227. The van der Waals surface area contributed by atoms with Crippen LogP contribution in [0.5, 0.6) is 0 Å². The maximum atomic E-state index is 12.9. The summed E-state index contributed by atoms with van der Waals surface area (Å²) in [6, 6.07) is 16.2. The minimum atomic E-state index is -1.14. The van der Waals surface area contributed by atoms with Gasteiger partial charge in [0.15, 0.2) is 0 Å². The lowest BCUT2D eigenvalue weighted by Crippen LogP contribution is -2.29.